The Balaban J connectivity index is 1.85. The summed E-state index contributed by atoms with van der Waals surface area (Å²) in [5.74, 6) is 0. The number of hydrogen-bond acceptors (Lipinski definition) is 2. The van der Waals surface area contributed by atoms with Gasteiger partial charge < -0.3 is 10.2 Å². The van der Waals surface area contributed by atoms with Gasteiger partial charge in [0, 0.05) is 25.5 Å². The normalized spacial score (nSPS) is 10.6. The number of rotatable bonds is 5. The van der Waals surface area contributed by atoms with E-state index in [9.17, 15) is 0 Å². The third kappa shape index (κ3) is 4.18. The number of benzene rings is 2. The van der Waals surface area contributed by atoms with Crippen molar-refractivity contribution in [3.63, 3.8) is 0 Å². The van der Waals surface area contributed by atoms with E-state index in [1.807, 2.05) is 26.4 Å². The molecule has 1 N–H and O–H groups in total. The van der Waals surface area contributed by atoms with Crippen molar-refractivity contribution >= 4 is 11.4 Å². The van der Waals surface area contributed by atoms with Crippen molar-refractivity contribution in [2.45, 2.75) is 6.42 Å². The number of allylic oxidation sites excluding steroid dienone is 1. The van der Waals surface area contributed by atoms with E-state index in [1.54, 1.807) is 0 Å². The number of nitrogens with zero attached hydrogens (tertiary/aromatic N) is 1. The van der Waals surface area contributed by atoms with Crippen LogP contribution in [0.3, 0.4) is 0 Å². The highest BCUT2D eigenvalue weighted by Gasteiger charge is 1.94. The van der Waals surface area contributed by atoms with Crippen LogP contribution >= 0.6 is 0 Å². The summed E-state index contributed by atoms with van der Waals surface area (Å²) >= 11 is 0. The van der Waals surface area contributed by atoms with Gasteiger partial charge in [0.25, 0.3) is 0 Å². The van der Waals surface area contributed by atoms with Gasteiger partial charge in [0.1, 0.15) is 0 Å². The van der Waals surface area contributed by atoms with Crippen LogP contribution in [0.25, 0.3) is 0 Å². The van der Waals surface area contributed by atoms with E-state index in [0.717, 1.165) is 12.1 Å². The molecule has 0 aliphatic heterocycles. The van der Waals surface area contributed by atoms with Crippen LogP contribution < -0.4 is 10.2 Å². The highest BCUT2D eigenvalue weighted by Crippen LogP contribution is 2.15. The maximum Gasteiger partial charge on any atom is 0.0381 e. The van der Waals surface area contributed by atoms with Gasteiger partial charge in [0.05, 0.1) is 0 Å². The molecule has 0 spiro atoms. The predicted octanol–water partition coefficient (Wildman–Crippen LogP) is 3.92. The summed E-state index contributed by atoms with van der Waals surface area (Å²) in [4.78, 5) is 2.09. The number of hydrogen-bond donors (Lipinski definition) is 1. The molecule has 0 bridgehead atoms. The standard InChI is InChI=1S/C17H20N2/c1-19(2)17-12-10-16(11-13-17)18-14-6-9-15-7-4-3-5-8-15/h3-8,10-14,18H,9H2,1-2H3/b14-6-. The monoisotopic (exact) mass is 252 g/mol. The molecule has 2 heteroatoms. The van der Waals surface area contributed by atoms with Crippen molar-refractivity contribution in [2.24, 2.45) is 0 Å². The molecule has 0 aliphatic rings. The van der Waals surface area contributed by atoms with Crippen LogP contribution in [-0.2, 0) is 6.42 Å². The lowest BCUT2D eigenvalue weighted by Gasteiger charge is -2.12. The quantitative estimate of drug-likeness (QED) is 0.867. The van der Waals surface area contributed by atoms with E-state index in [1.165, 1.54) is 11.3 Å². The molecule has 2 rings (SSSR count). The lowest BCUT2D eigenvalue weighted by atomic mass is 10.1. The van der Waals surface area contributed by atoms with Crippen LogP contribution in [0.2, 0.25) is 0 Å². The van der Waals surface area contributed by atoms with Crippen molar-refractivity contribution < 1.29 is 0 Å². The van der Waals surface area contributed by atoms with Crippen molar-refractivity contribution in [3.8, 4) is 0 Å². The van der Waals surface area contributed by atoms with E-state index in [-0.39, 0.29) is 0 Å². The first-order valence-electron chi connectivity index (χ1n) is 6.48. The van der Waals surface area contributed by atoms with Gasteiger partial charge in [0.15, 0.2) is 0 Å². The summed E-state index contributed by atoms with van der Waals surface area (Å²) in [6.45, 7) is 0. The fraction of sp³-hybridized carbons (Fsp3) is 0.176. The van der Waals surface area contributed by atoms with E-state index in [2.05, 4.69) is 64.8 Å². The summed E-state index contributed by atoms with van der Waals surface area (Å²) in [7, 11) is 4.09. The van der Waals surface area contributed by atoms with Crippen LogP contribution in [0.4, 0.5) is 11.4 Å². The highest BCUT2D eigenvalue weighted by atomic mass is 15.1. The Labute approximate surface area is 115 Å². The third-order valence-electron chi connectivity index (χ3n) is 2.95. The molecule has 0 aromatic heterocycles. The molecule has 0 unspecified atom stereocenters. The van der Waals surface area contributed by atoms with Gasteiger partial charge in [-0.05, 0) is 42.4 Å². The molecule has 0 saturated heterocycles. The molecule has 2 aromatic rings. The molecule has 0 radical (unpaired) electrons. The predicted molar refractivity (Wildman–Crippen MR) is 83.7 cm³/mol. The molecule has 98 valence electrons. The van der Waals surface area contributed by atoms with Gasteiger partial charge >= 0.3 is 0 Å². The minimum atomic E-state index is 0.948. The Morgan fingerprint density at radius 2 is 1.63 bits per heavy atom. The summed E-state index contributed by atoms with van der Waals surface area (Å²) in [5.41, 5.74) is 3.64. The average molecular weight is 252 g/mol. The lowest BCUT2D eigenvalue weighted by molar-refractivity contribution is 1.13. The minimum absolute atomic E-state index is 0.948. The molecular formula is C17H20N2. The van der Waals surface area contributed by atoms with Crippen molar-refractivity contribution in [1.82, 2.24) is 0 Å². The van der Waals surface area contributed by atoms with Crippen molar-refractivity contribution in [1.29, 1.82) is 0 Å². The highest BCUT2D eigenvalue weighted by molar-refractivity contribution is 5.55. The Morgan fingerprint density at radius 1 is 0.947 bits per heavy atom. The zero-order valence-electron chi connectivity index (χ0n) is 11.5. The summed E-state index contributed by atoms with van der Waals surface area (Å²) in [5, 5.41) is 3.28. The Hall–Kier alpha value is -2.22. The molecule has 0 atom stereocenters. The van der Waals surface area contributed by atoms with Crippen molar-refractivity contribution in [3.05, 3.63) is 72.4 Å². The van der Waals surface area contributed by atoms with Gasteiger partial charge in [0.2, 0.25) is 0 Å². The molecule has 0 aliphatic carbocycles. The zero-order chi connectivity index (χ0) is 13.5. The zero-order valence-corrected chi connectivity index (χ0v) is 11.5. The topological polar surface area (TPSA) is 15.3 Å². The van der Waals surface area contributed by atoms with Gasteiger partial charge in [-0.2, -0.15) is 0 Å². The molecule has 2 aromatic carbocycles. The minimum Gasteiger partial charge on any atom is -0.378 e. The Bertz CT molecular complexity index is 513. The molecule has 0 saturated carbocycles. The molecule has 0 heterocycles. The van der Waals surface area contributed by atoms with Crippen LogP contribution in [-0.4, -0.2) is 14.1 Å². The van der Waals surface area contributed by atoms with Gasteiger partial charge in [-0.1, -0.05) is 36.4 Å². The van der Waals surface area contributed by atoms with E-state index in [4.69, 9.17) is 0 Å². The first kappa shape index (κ1) is 13.2. The van der Waals surface area contributed by atoms with Crippen LogP contribution in [0, 0.1) is 0 Å². The van der Waals surface area contributed by atoms with Crippen LogP contribution in [0.1, 0.15) is 5.56 Å². The molecule has 2 nitrogen and oxygen atoms in total. The van der Waals surface area contributed by atoms with E-state index in [0.29, 0.717) is 0 Å². The fourth-order valence-corrected chi connectivity index (χ4v) is 1.82. The second-order valence-corrected chi connectivity index (χ2v) is 4.68. The van der Waals surface area contributed by atoms with Crippen LogP contribution in [0.5, 0.6) is 0 Å². The van der Waals surface area contributed by atoms with Gasteiger partial charge in [-0.25, -0.2) is 0 Å². The second-order valence-electron chi connectivity index (χ2n) is 4.68. The smallest absolute Gasteiger partial charge is 0.0381 e. The molecule has 0 amide bonds. The molecule has 0 fully saturated rings. The number of nitrogens with one attached hydrogen (secondary N) is 1. The fourth-order valence-electron chi connectivity index (χ4n) is 1.82. The first-order chi connectivity index (χ1) is 9.25. The second kappa shape index (κ2) is 6.64. The maximum atomic E-state index is 3.28. The lowest BCUT2D eigenvalue weighted by Crippen LogP contribution is -2.08. The summed E-state index contributed by atoms with van der Waals surface area (Å²) in [6, 6.07) is 18.8. The molecular weight excluding hydrogens is 232 g/mol. The van der Waals surface area contributed by atoms with Crippen LogP contribution in [0.15, 0.2) is 66.9 Å². The Morgan fingerprint density at radius 3 is 2.26 bits per heavy atom. The third-order valence-corrected chi connectivity index (χ3v) is 2.95. The Kier molecular flexibility index (Phi) is 4.62. The summed E-state index contributed by atoms with van der Waals surface area (Å²) < 4.78 is 0. The maximum absolute atomic E-state index is 3.28. The van der Waals surface area contributed by atoms with Gasteiger partial charge in [-0.3, -0.25) is 0 Å². The summed E-state index contributed by atoms with van der Waals surface area (Å²) in [6.07, 6.45) is 5.08. The largest absolute Gasteiger partial charge is 0.378 e. The number of anilines is 2. The molecule has 19 heavy (non-hydrogen) atoms. The SMILES string of the molecule is CN(C)c1ccc(N/C=C\Cc2ccccc2)cc1. The van der Waals surface area contributed by atoms with Gasteiger partial charge in [-0.15, -0.1) is 0 Å². The average Bonchev–Trinajstić information content (AvgIpc) is 2.45. The van der Waals surface area contributed by atoms with Crippen molar-refractivity contribution in [2.75, 3.05) is 24.3 Å². The van der Waals surface area contributed by atoms with E-state index >= 15 is 0 Å². The first-order valence-corrected chi connectivity index (χ1v) is 6.48. The van der Waals surface area contributed by atoms with E-state index < -0.39 is 0 Å².